The van der Waals surface area contributed by atoms with E-state index < -0.39 is 0 Å². The summed E-state index contributed by atoms with van der Waals surface area (Å²) in [6.45, 7) is 6.35. The lowest BCUT2D eigenvalue weighted by molar-refractivity contribution is -0.122. The first-order chi connectivity index (χ1) is 9.13. The Labute approximate surface area is 114 Å². The number of nitrogens with zero attached hydrogens (tertiary/aromatic N) is 2. The van der Waals surface area contributed by atoms with Crippen molar-refractivity contribution in [2.24, 2.45) is 5.92 Å². The van der Waals surface area contributed by atoms with E-state index in [-0.39, 0.29) is 5.91 Å². The van der Waals surface area contributed by atoms with Crippen molar-refractivity contribution in [1.29, 1.82) is 0 Å². The first-order valence-corrected chi connectivity index (χ1v) is 6.92. The number of hydrogen-bond acceptors (Lipinski definition) is 4. The third-order valence-electron chi connectivity index (χ3n) is 3.41. The van der Waals surface area contributed by atoms with Crippen LogP contribution in [0.5, 0.6) is 0 Å². The SMILES string of the molecule is Cc1cc(C)nc(CNC(=O)CC2CCNCC2)n1. The van der Waals surface area contributed by atoms with E-state index in [1.54, 1.807) is 0 Å². The van der Waals surface area contributed by atoms with Crippen molar-refractivity contribution in [2.75, 3.05) is 13.1 Å². The maximum absolute atomic E-state index is 11.9. The molecule has 5 nitrogen and oxygen atoms in total. The van der Waals surface area contributed by atoms with Gasteiger partial charge in [-0.1, -0.05) is 0 Å². The van der Waals surface area contributed by atoms with Crippen molar-refractivity contribution in [3.63, 3.8) is 0 Å². The first kappa shape index (κ1) is 13.9. The fraction of sp³-hybridized carbons (Fsp3) is 0.643. The van der Waals surface area contributed by atoms with Crippen molar-refractivity contribution in [2.45, 2.75) is 39.7 Å². The molecule has 1 saturated heterocycles. The fourth-order valence-electron chi connectivity index (χ4n) is 2.48. The Kier molecular flexibility index (Phi) is 4.85. The van der Waals surface area contributed by atoms with Crippen molar-refractivity contribution in [3.05, 3.63) is 23.3 Å². The van der Waals surface area contributed by atoms with Crippen LogP contribution in [0.1, 0.15) is 36.5 Å². The number of hydrogen-bond donors (Lipinski definition) is 2. The van der Waals surface area contributed by atoms with Crippen molar-refractivity contribution < 1.29 is 4.79 Å². The average molecular weight is 262 g/mol. The van der Waals surface area contributed by atoms with Gasteiger partial charge < -0.3 is 10.6 Å². The van der Waals surface area contributed by atoms with E-state index in [0.29, 0.717) is 24.7 Å². The molecule has 1 fully saturated rings. The highest BCUT2D eigenvalue weighted by Crippen LogP contribution is 2.15. The van der Waals surface area contributed by atoms with Gasteiger partial charge in [-0.05, 0) is 51.8 Å². The van der Waals surface area contributed by atoms with Gasteiger partial charge in [0.2, 0.25) is 5.91 Å². The molecular weight excluding hydrogens is 240 g/mol. The van der Waals surface area contributed by atoms with Gasteiger partial charge in [0, 0.05) is 17.8 Å². The summed E-state index contributed by atoms with van der Waals surface area (Å²) in [4.78, 5) is 20.5. The normalized spacial score (nSPS) is 16.3. The Morgan fingerprint density at radius 2 is 1.95 bits per heavy atom. The molecule has 1 aliphatic heterocycles. The number of rotatable bonds is 4. The van der Waals surface area contributed by atoms with E-state index in [1.165, 1.54) is 0 Å². The van der Waals surface area contributed by atoms with E-state index >= 15 is 0 Å². The Bertz CT molecular complexity index is 421. The highest BCUT2D eigenvalue weighted by molar-refractivity contribution is 5.76. The summed E-state index contributed by atoms with van der Waals surface area (Å²) < 4.78 is 0. The van der Waals surface area contributed by atoms with Gasteiger partial charge in [0.05, 0.1) is 6.54 Å². The molecule has 1 aliphatic rings. The molecule has 0 aromatic carbocycles. The number of nitrogens with one attached hydrogen (secondary N) is 2. The van der Waals surface area contributed by atoms with Crippen LogP contribution >= 0.6 is 0 Å². The molecule has 0 atom stereocenters. The molecule has 5 heteroatoms. The number of carbonyl (C=O) groups excluding carboxylic acids is 1. The second-order valence-electron chi connectivity index (χ2n) is 5.24. The molecule has 1 aromatic rings. The van der Waals surface area contributed by atoms with Crippen molar-refractivity contribution in [1.82, 2.24) is 20.6 Å². The van der Waals surface area contributed by atoms with E-state index in [1.807, 2.05) is 19.9 Å². The number of aryl methyl sites for hydroxylation is 2. The van der Waals surface area contributed by atoms with Crippen LogP contribution in [0.15, 0.2) is 6.07 Å². The molecular formula is C14H22N4O. The predicted molar refractivity (Wildman–Crippen MR) is 73.6 cm³/mol. The Balaban J connectivity index is 1.79. The smallest absolute Gasteiger partial charge is 0.220 e. The molecule has 0 saturated carbocycles. The molecule has 0 aliphatic carbocycles. The topological polar surface area (TPSA) is 66.9 Å². The minimum absolute atomic E-state index is 0.106. The van der Waals surface area contributed by atoms with Crippen LogP contribution in [0, 0.1) is 19.8 Å². The van der Waals surface area contributed by atoms with Crippen LogP contribution in [0.3, 0.4) is 0 Å². The zero-order chi connectivity index (χ0) is 13.7. The van der Waals surface area contributed by atoms with Gasteiger partial charge in [0.1, 0.15) is 5.82 Å². The van der Waals surface area contributed by atoms with Gasteiger partial charge in [-0.3, -0.25) is 4.79 Å². The Morgan fingerprint density at radius 1 is 1.32 bits per heavy atom. The minimum atomic E-state index is 0.106. The summed E-state index contributed by atoms with van der Waals surface area (Å²) in [7, 11) is 0. The van der Waals surface area contributed by atoms with Crippen LogP contribution in [-0.2, 0) is 11.3 Å². The summed E-state index contributed by atoms with van der Waals surface area (Å²) in [5.41, 5.74) is 1.88. The Hall–Kier alpha value is -1.49. The molecule has 2 N–H and O–H groups in total. The maximum Gasteiger partial charge on any atom is 0.220 e. The monoisotopic (exact) mass is 262 g/mol. The van der Waals surface area contributed by atoms with Crippen LogP contribution in [0.2, 0.25) is 0 Å². The molecule has 0 bridgehead atoms. The average Bonchev–Trinajstić information content (AvgIpc) is 2.36. The summed E-state index contributed by atoms with van der Waals surface area (Å²) in [6.07, 6.45) is 2.80. The summed E-state index contributed by atoms with van der Waals surface area (Å²) in [6, 6.07) is 1.93. The largest absolute Gasteiger partial charge is 0.349 e. The van der Waals surface area contributed by atoms with E-state index in [0.717, 1.165) is 37.3 Å². The van der Waals surface area contributed by atoms with Gasteiger partial charge in [-0.2, -0.15) is 0 Å². The van der Waals surface area contributed by atoms with Gasteiger partial charge in [-0.25, -0.2) is 9.97 Å². The summed E-state index contributed by atoms with van der Waals surface area (Å²) in [5.74, 6) is 1.31. The van der Waals surface area contributed by atoms with Crippen molar-refractivity contribution >= 4 is 5.91 Å². The number of carbonyl (C=O) groups is 1. The zero-order valence-electron chi connectivity index (χ0n) is 11.7. The van der Waals surface area contributed by atoms with E-state index in [4.69, 9.17) is 0 Å². The molecule has 104 valence electrons. The van der Waals surface area contributed by atoms with Crippen LogP contribution in [-0.4, -0.2) is 29.0 Å². The molecule has 2 heterocycles. The van der Waals surface area contributed by atoms with Crippen LogP contribution < -0.4 is 10.6 Å². The van der Waals surface area contributed by atoms with Crippen LogP contribution in [0.25, 0.3) is 0 Å². The Morgan fingerprint density at radius 3 is 2.58 bits per heavy atom. The fourth-order valence-corrected chi connectivity index (χ4v) is 2.48. The number of piperidine rings is 1. The van der Waals surface area contributed by atoms with Crippen LogP contribution in [0.4, 0.5) is 0 Å². The standard InChI is InChI=1S/C14H22N4O/c1-10-7-11(2)18-13(17-10)9-16-14(19)8-12-3-5-15-6-4-12/h7,12,15H,3-6,8-9H2,1-2H3,(H,16,19). The predicted octanol–water partition coefficient (Wildman–Crippen LogP) is 1.10. The van der Waals surface area contributed by atoms with Gasteiger partial charge in [-0.15, -0.1) is 0 Å². The summed E-state index contributed by atoms with van der Waals surface area (Å²) in [5, 5.41) is 6.22. The molecule has 19 heavy (non-hydrogen) atoms. The van der Waals surface area contributed by atoms with Gasteiger partial charge >= 0.3 is 0 Å². The first-order valence-electron chi connectivity index (χ1n) is 6.92. The maximum atomic E-state index is 11.9. The minimum Gasteiger partial charge on any atom is -0.349 e. The molecule has 0 unspecified atom stereocenters. The lowest BCUT2D eigenvalue weighted by atomic mass is 9.94. The molecule has 0 spiro atoms. The molecule has 0 radical (unpaired) electrons. The highest BCUT2D eigenvalue weighted by atomic mass is 16.1. The second kappa shape index (κ2) is 6.61. The van der Waals surface area contributed by atoms with Gasteiger partial charge in [0.25, 0.3) is 0 Å². The molecule has 1 amide bonds. The molecule has 1 aromatic heterocycles. The number of amides is 1. The van der Waals surface area contributed by atoms with E-state index in [2.05, 4.69) is 20.6 Å². The number of aromatic nitrogens is 2. The second-order valence-corrected chi connectivity index (χ2v) is 5.24. The molecule has 2 rings (SSSR count). The highest BCUT2D eigenvalue weighted by Gasteiger charge is 2.16. The lowest BCUT2D eigenvalue weighted by Gasteiger charge is -2.21. The lowest BCUT2D eigenvalue weighted by Crippen LogP contribution is -2.32. The third kappa shape index (κ3) is 4.59. The van der Waals surface area contributed by atoms with Crippen molar-refractivity contribution in [3.8, 4) is 0 Å². The van der Waals surface area contributed by atoms with E-state index in [9.17, 15) is 4.79 Å². The summed E-state index contributed by atoms with van der Waals surface area (Å²) >= 11 is 0. The van der Waals surface area contributed by atoms with Gasteiger partial charge in [0.15, 0.2) is 0 Å². The third-order valence-corrected chi connectivity index (χ3v) is 3.41. The quantitative estimate of drug-likeness (QED) is 0.852. The zero-order valence-corrected chi connectivity index (χ0v) is 11.7.